The summed E-state index contributed by atoms with van der Waals surface area (Å²) in [5.41, 5.74) is 6.62. The molecule has 8 heteroatoms. The average Bonchev–Trinajstić information content (AvgIpc) is 2.64. The fourth-order valence-corrected chi connectivity index (χ4v) is 2.33. The smallest absolute Gasteiger partial charge is 0.338 e. The lowest BCUT2D eigenvalue weighted by molar-refractivity contribution is -0.119. The van der Waals surface area contributed by atoms with E-state index in [1.54, 1.807) is 18.2 Å². The van der Waals surface area contributed by atoms with E-state index in [0.717, 1.165) is 0 Å². The van der Waals surface area contributed by atoms with Crippen molar-refractivity contribution in [3.63, 3.8) is 0 Å². The summed E-state index contributed by atoms with van der Waals surface area (Å²) in [6.07, 6.45) is 0. The van der Waals surface area contributed by atoms with E-state index >= 15 is 0 Å². The van der Waals surface area contributed by atoms with Crippen LogP contribution in [0.15, 0.2) is 36.4 Å². The third kappa shape index (κ3) is 5.79. The van der Waals surface area contributed by atoms with Crippen LogP contribution in [0.1, 0.15) is 24.2 Å². The highest BCUT2D eigenvalue weighted by Crippen LogP contribution is 2.30. The second-order valence-electron chi connectivity index (χ2n) is 5.39. The van der Waals surface area contributed by atoms with Crippen molar-refractivity contribution in [2.45, 2.75) is 13.8 Å². The van der Waals surface area contributed by atoms with Crippen LogP contribution in [-0.2, 0) is 9.53 Å². The van der Waals surface area contributed by atoms with Crippen molar-refractivity contribution in [2.24, 2.45) is 0 Å². The van der Waals surface area contributed by atoms with Crippen LogP contribution in [0, 0.1) is 0 Å². The number of nitrogens with two attached hydrogens (primary N) is 1. The Hall–Kier alpha value is -2.93. The number of ether oxygens (including phenoxy) is 3. The summed E-state index contributed by atoms with van der Waals surface area (Å²) in [7, 11) is 0. The van der Waals surface area contributed by atoms with Gasteiger partial charge in [0.2, 0.25) is 0 Å². The van der Waals surface area contributed by atoms with E-state index in [1.165, 1.54) is 18.2 Å². The molecule has 144 valence electrons. The molecule has 0 aromatic heterocycles. The van der Waals surface area contributed by atoms with Crippen LogP contribution in [0.2, 0.25) is 5.02 Å². The summed E-state index contributed by atoms with van der Waals surface area (Å²) in [6.45, 7) is 4.23. The van der Waals surface area contributed by atoms with Gasteiger partial charge in [0.1, 0.15) is 0 Å². The van der Waals surface area contributed by atoms with Crippen molar-refractivity contribution in [1.82, 2.24) is 0 Å². The minimum absolute atomic E-state index is 0.212. The molecule has 7 nitrogen and oxygen atoms in total. The first-order chi connectivity index (χ1) is 12.9. The molecule has 0 fully saturated rings. The summed E-state index contributed by atoms with van der Waals surface area (Å²) in [4.78, 5) is 24.0. The van der Waals surface area contributed by atoms with Crippen molar-refractivity contribution in [3.05, 3.63) is 47.0 Å². The summed E-state index contributed by atoms with van der Waals surface area (Å²) < 4.78 is 16.0. The first-order valence-corrected chi connectivity index (χ1v) is 8.74. The molecule has 0 unspecified atom stereocenters. The maximum atomic E-state index is 12.0. The van der Waals surface area contributed by atoms with Gasteiger partial charge >= 0.3 is 5.97 Å². The first kappa shape index (κ1) is 20.4. The fraction of sp³-hybridized carbons (Fsp3) is 0.263. The Morgan fingerprint density at radius 1 is 1.04 bits per heavy atom. The number of nitrogens with one attached hydrogen (secondary N) is 1. The molecule has 0 saturated carbocycles. The number of carbonyl (C=O) groups excluding carboxylic acids is 2. The molecule has 0 aliphatic heterocycles. The number of nitrogen functional groups attached to an aromatic ring is 1. The van der Waals surface area contributed by atoms with Crippen molar-refractivity contribution in [3.8, 4) is 11.5 Å². The molecule has 0 saturated heterocycles. The Kier molecular flexibility index (Phi) is 7.31. The van der Waals surface area contributed by atoms with Crippen LogP contribution >= 0.6 is 11.6 Å². The van der Waals surface area contributed by atoms with E-state index < -0.39 is 18.5 Å². The van der Waals surface area contributed by atoms with Crippen molar-refractivity contribution in [1.29, 1.82) is 0 Å². The summed E-state index contributed by atoms with van der Waals surface area (Å²) in [6, 6.07) is 9.37. The lowest BCUT2D eigenvalue weighted by Crippen LogP contribution is -2.21. The zero-order valence-corrected chi connectivity index (χ0v) is 15.8. The Morgan fingerprint density at radius 3 is 2.41 bits per heavy atom. The molecule has 0 bridgehead atoms. The van der Waals surface area contributed by atoms with Crippen molar-refractivity contribution in [2.75, 3.05) is 30.9 Å². The minimum Gasteiger partial charge on any atom is -0.490 e. The molecular formula is C19H21ClN2O5. The van der Waals surface area contributed by atoms with E-state index in [9.17, 15) is 9.59 Å². The molecule has 0 aliphatic carbocycles. The van der Waals surface area contributed by atoms with Crippen molar-refractivity contribution >= 4 is 34.9 Å². The van der Waals surface area contributed by atoms with E-state index in [2.05, 4.69) is 5.32 Å². The monoisotopic (exact) mass is 392 g/mol. The topological polar surface area (TPSA) is 99.9 Å². The van der Waals surface area contributed by atoms with Crippen LogP contribution in [0.5, 0.6) is 11.5 Å². The van der Waals surface area contributed by atoms with Crippen LogP contribution < -0.4 is 20.5 Å². The standard InChI is InChI=1S/C19H21ClN2O5/c1-3-25-16-8-6-13(10-17(16)26-4-2)22-18(23)11-27-19(24)12-5-7-14(20)15(21)9-12/h5-10H,3-4,11,21H2,1-2H3,(H,22,23). The van der Waals surface area contributed by atoms with Crippen LogP contribution in [-0.4, -0.2) is 31.7 Å². The molecule has 0 heterocycles. The third-order valence-corrected chi connectivity index (χ3v) is 3.74. The Labute approximate surface area is 162 Å². The lowest BCUT2D eigenvalue weighted by atomic mass is 10.2. The maximum Gasteiger partial charge on any atom is 0.338 e. The normalized spacial score (nSPS) is 10.2. The van der Waals surface area contributed by atoms with Gasteiger partial charge in [0.05, 0.1) is 29.5 Å². The van der Waals surface area contributed by atoms with Gasteiger partial charge < -0.3 is 25.3 Å². The Balaban J connectivity index is 1.95. The lowest BCUT2D eigenvalue weighted by Gasteiger charge is -2.13. The van der Waals surface area contributed by atoms with Crippen LogP contribution in [0.25, 0.3) is 0 Å². The zero-order chi connectivity index (χ0) is 19.8. The van der Waals surface area contributed by atoms with Crippen LogP contribution in [0.3, 0.4) is 0 Å². The number of benzene rings is 2. The minimum atomic E-state index is -0.671. The molecular weight excluding hydrogens is 372 g/mol. The number of anilines is 2. The van der Waals surface area contributed by atoms with Gasteiger partial charge in [-0.2, -0.15) is 0 Å². The highest BCUT2D eigenvalue weighted by molar-refractivity contribution is 6.33. The molecule has 0 aliphatic rings. The highest BCUT2D eigenvalue weighted by atomic mass is 35.5. The van der Waals surface area contributed by atoms with Gasteiger partial charge in [-0.1, -0.05) is 11.6 Å². The highest BCUT2D eigenvalue weighted by Gasteiger charge is 2.13. The molecule has 27 heavy (non-hydrogen) atoms. The number of amides is 1. The number of rotatable bonds is 8. The van der Waals surface area contributed by atoms with E-state index in [1.807, 2.05) is 13.8 Å². The molecule has 3 N–H and O–H groups in total. The summed E-state index contributed by atoms with van der Waals surface area (Å²) in [5.74, 6) is -0.0537. The first-order valence-electron chi connectivity index (χ1n) is 8.36. The molecule has 2 aromatic rings. The average molecular weight is 393 g/mol. The third-order valence-electron chi connectivity index (χ3n) is 3.39. The van der Waals surface area contributed by atoms with Crippen molar-refractivity contribution < 1.29 is 23.8 Å². The van der Waals surface area contributed by atoms with E-state index in [4.69, 9.17) is 31.5 Å². The molecule has 0 radical (unpaired) electrons. The number of carbonyl (C=O) groups is 2. The van der Waals surface area contributed by atoms with E-state index in [-0.39, 0.29) is 11.3 Å². The van der Waals surface area contributed by atoms with Gasteiger partial charge in [-0.25, -0.2) is 4.79 Å². The summed E-state index contributed by atoms with van der Waals surface area (Å²) in [5, 5.41) is 2.98. The largest absolute Gasteiger partial charge is 0.490 e. The predicted octanol–water partition coefficient (Wildman–Crippen LogP) is 3.52. The maximum absolute atomic E-state index is 12.0. The Bertz CT molecular complexity index is 826. The molecule has 2 rings (SSSR count). The van der Waals surface area contributed by atoms with Gasteiger partial charge in [-0.05, 0) is 44.2 Å². The molecule has 0 atom stereocenters. The quantitative estimate of drug-likeness (QED) is 0.526. The molecule has 1 amide bonds. The number of esters is 1. The van der Waals surface area contributed by atoms with Gasteiger partial charge in [0, 0.05) is 11.8 Å². The second-order valence-corrected chi connectivity index (χ2v) is 5.80. The molecule has 0 spiro atoms. The van der Waals surface area contributed by atoms with Gasteiger partial charge in [-0.15, -0.1) is 0 Å². The fourth-order valence-electron chi connectivity index (χ4n) is 2.21. The SMILES string of the molecule is CCOc1ccc(NC(=O)COC(=O)c2ccc(Cl)c(N)c2)cc1OCC. The number of hydrogen-bond acceptors (Lipinski definition) is 6. The van der Waals surface area contributed by atoms with Gasteiger partial charge in [0.25, 0.3) is 5.91 Å². The number of halogens is 1. The van der Waals surface area contributed by atoms with E-state index in [0.29, 0.717) is 35.4 Å². The predicted molar refractivity (Wildman–Crippen MR) is 104 cm³/mol. The number of hydrogen-bond donors (Lipinski definition) is 2. The van der Waals surface area contributed by atoms with Crippen LogP contribution in [0.4, 0.5) is 11.4 Å². The van der Waals surface area contributed by atoms with Gasteiger partial charge in [-0.3, -0.25) is 4.79 Å². The second kappa shape index (κ2) is 9.68. The zero-order valence-electron chi connectivity index (χ0n) is 15.1. The summed E-state index contributed by atoms with van der Waals surface area (Å²) >= 11 is 5.81. The Morgan fingerprint density at radius 2 is 1.74 bits per heavy atom. The van der Waals surface area contributed by atoms with Gasteiger partial charge in [0.15, 0.2) is 18.1 Å². The molecule has 2 aromatic carbocycles.